The van der Waals surface area contributed by atoms with Crippen LogP contribution in [0.5, 0.6) is 0 Å². The molecule has 0 amide bonds. The van der Waals surface area contributed by atoms with Gasteiger partial charge in [0, 0.05) is 0 Å². The third-order valence-electron chi connectivity index (χ3n) is 2.09. The summed E-state index contributed by atoms with van der Waals surface area (Å²) in [6, 6.07) is 0. The summed E-state index contributed by atoms with van der Waals surface area (Å²) < 4.78 is 4.75. The Labute approximate surface area is 115 Å². The molecule has 5 heteroatoms. The Balaban J connectivity index is 0. The number of carboxylic acid groups (broad SMARTS) is 1. The lowest BCUT2D eigenvalue weighted by Gasteiger charge is -2.13. The molecule has 0 aromatic rings. The topological polar surface area (TPSA) is 80.7 Å². The summed E-state index contributed by atoms with van der Waals surface area (Å²) in [7, 11) is 0. The standard InChI is InChI=1S/C8H14O3.C6H12O2/c1-4-5-11-8(10)6(2)7(3)9;1-6(2,3)4-5(7)8/h6H,4-5H2,1-3H3;4H2,1-3H3,(H,7,8). The van der Waals surface area contributed by atoms with Crippen molar-refractivity contribution in [2.24, 2.45) is 11.3 Å². The molecule has 19 heavy (non-hydrogen) atoms. The minimum absolute atomic E-state index is 0.0775. The van der Waals surface area contributed by atoms with Crippen molar-refractivity contribution in [2.45, 2.75) is 54.4 Å². The quantitative estimate of drug-likeness (QED) is 0.615. The fourth-order valence-corrected chi connectivity index (χ4v) is 0.947. The predicted molar refractivity (Wildman–Crippen MR) is 72.8 cm³/mol. The van der Waals surface area contributed by atoms with E-state index in [9.17, 15) is 14.4 Å². The van der Waals surface area contributed by atoms with E-state index in [-0.39, 0.29) is 17.6 Å². The molecule has 5 nitrogen and oxygen atoms in total. The van der Waals surface area contributed by atoms with E-state index in [0.29, 0.717) is 6.61 Å². The Morgan fingerprint density at radius 3 is 1.89 bits per heavy atom. The molecule has 0 saturated heterocycles. The second kappa shape index (κ2) is 9.53. The van der Waals surface area contributed by atoms with Gasteiger partial charge in [-0.15, -0.1) is 0 Å². The molecule has 0 aromatic heterocycles. The molecule has 0 heterocycles. The number of ketones is 1. The Kier molecular flexibility index (Phi) is 10.00. The molecule has 0 bridgehead atoms. The summed E-state index contributed by atoms with van der Waals surface area (Å²) in [6.45, 7) is 11.0. The molecular formula is C14H26O5. The molecule has 1 N–H and O–H groups in total. The predicted octanol–water partition coefficient (Wildman–Crippen LogP) is 2.67. The molecule has 0 fully saturated rings. The van der Waals surface area contributed by atoms with E-state index >= 15 is 0 Å². The number of aliphatic carboxylic acids is 1. The SMILES string of the molecule is CC(C)(C)CC(=O)O.CCCOC(=O)C(C)C(C)=O. The van der Waals surface area contributed by atoms with Crippen LogP contribution in [-0.2, 0) is 19.1 Å². The number of carboxylic acids is 1. The normalized spacial score (nSPS) is 11.9. The Morgan fingerprint density at radius 2 is 1.68 bits per heavy atom. The van der Waals surface area contributed by atoms with Crippen LogP contribution in [0.1, 0.15) is 54.4 Å². The van der Waals surface area contributed by atoms with Crippen LogP contribution in [0.4, 0.5) is 0 Å². The van der Waals surface area contributed by atoms with Gasteiger partial charge in [0.1, 0.15) is 11.7 Å². The summed E-state index contributed by atoms with van der Waals surface area (Å²) in [5.74, 6) is -1.90. The fraction of sp³-hybridized carbons (Fsp3) is 0.786. The summed E-state index contributed by atoms with van der Waals surface area (Å²) in [5, 5.41) is 8.25. The van der Waals surface area contributed by atoms with Crippen molar-refractivity contribution in [1.82, 2.24) is 0 Å². The highest BCUT2D eigenvalue weighted by molar-refractivity contribution is 5.97. The van der Waals surface area contributed by atoms with E-state index in [4.69, 9.17) is 9.84 Å². The van der Waals surface area contributed by atoms with Gasteiger partial charge in [0.15, 0.2) is 0 Å². The van der Waals surface area contributed by atoms with E-state index in [1.807, 2.05) is 27.7 Å². The average Bonchev–Trinajstić information content (AvgIpc) is 2.21. The van der Waals surface area contributed by atoms with Gasteiger partial charge in [-0.05, 0) is 25.7 Å². The van der Waals surface area contributed by atoms with Gasteiger partial charge in [-0.1, -0.05) is 27.7 Å². The van der Waals surface area contributed by atoms with Crippen molar-refractivity contribution >= 4 is 17.7 Å². The van der Waals surface area contributed by atoms with Crippen LogP contribution in [0.2, 0.25) is 0 Å². The second-order valence-corrected chi connectivity index (χ2v) is 5.63. The number of hydrogen-bond donors (Lipinski definition) is 1. The summed E-state index contributed by atoms with van der Waals surface area (Å²) in [6.07, 6.45) is 1.03. The molecule has 0 aliphatic carbocycles. The highest BCUT2D eigenvalue weighted by Crippen LogP contribution is 2.17. The molecule has 0 rings (SSSR count). The van der Waals surface area contributed by atoms with Crippen molar-refractivity contribution in [1.29, 1.82) is 0 Å². The highest BCUT2D eigenvalue weighted by atomic mass is 16.5. The first-order valence-electron chi connectivity index (χ1n) is 6.40. The first kappa shape index (κ1) is 19.9. The van der Waals surface area contributed by atoms with Gasteiger partial charge in [-0.25, -0.2) is 0 Å². The first-order valence-corrected chi connectivity index (χ1v) is 6.40. The van der Waals surface area contributed by atoms with E-state index < -0.39 is 17.9 Å². The Morgan fingerprint density at radius 1 is 1.21 bits per heavy atom. The van der Waals surface area contributed by atoms with Crippen LogP contribution < -0.4 is 0 Å². The van der Waals surface area contributed by atoms with Gasteiger partial charge < -0.3 is 9.84 Å². The van der Waals surface area contributed by atoms with Crippen LogP contribution in [0.15, 0.2) is 0 Å². The largest absolute Gasteiger partial charge is 0.481 e. The number of hydrogen-bond acceptors (Lipinski definition) is 4. The second-order valence-electron chi connectivity index (χ2n) is 5.63. The molecule has 0 aliphatic rings. The zero-order valence-electron chi connectivity index (χ0n) is 12.8. The maximum absolute atomic E-state index is 10.9. The van der Waals surface area contributed by atoms with E-state index in [1.165, 1.54) is 6.92 Å². The third kappa shape index (κ3) is 14.6. The van der Waals surface area contributed by atoms with E-state index in [0.717, 1.165) is 6.42 Å². The number of rotatable bonds is 5. The lowest BCUT2D eigenvalue weighted by atomic mass is 9.93. The number of carbonyl (C=O) groups is 3. The number of carbonyl (C=O) groups excluding carboxylic acids is 2. The Hall–Kier alpha value is -1.39. The lowest BCUT2D eigenvalue weighted by molar-refractivity contribution is -0.150. The molecule has 0 spiro atoms. The zero-order valence-corrected chi connectivity index (χ0v) is 12.8. The van der Waals surface area contributed by atoms with Crippen molar-refractivity contribution < 1.29 is 24.2 Å². The van der Waals surface area contributed by atoms with Crippen molar-refractivity contribution in [3.8, 4) is 0 Å². The first-order chi connectivity index (χ1) is 8.51. The van der Waals surface area contributed by atoms with Crippen molar-refractivity contribution in [2.75, 3.05) is 6.61 Å². The van der Waals surface area contributed by atoms with Gasteiger partial charge in [-0.3, -0.25) is 14.4 Å². The van der Waals surface area contributed by atoms with Crippen LogP contribution >= 0.6 is 0 Å². The van der Waals surface area contributed by atoms with Crippen LogP contribution in [0.25, 0.3) is 0 Å². The minimum Gasteiger partial charge on any atom is -0.481 e. The minimum atomic E-state index is -0.725. The Bertz CT molecular complexity index is 301. The molecule has 0 radical (unpaired) electrons. The summed E-state index contributed by atoms with van der Waals surface area (Å²) >= 11 is 0. The molecule has 0 aliphatic heterocycles. The molecular weight excluding hydrogens is 248 g/mol. The molecule has 112 valence electrons. The highest BCUT2D eigenvalue weighted by Gasteiger charge is 2.18. The summed E-state index contributed by atoms with van der Waals surface area (Å²) in [4.78, 5) is 31.6. The molecule has 0 saturated carbocycles. The zero-order chi connectivity index (χ0) is 15.6. The number of esters is 1. The number of ether oxygens (including phenoxy) is 1. The number of Topliss-reactive ketones (excluding diaryl/α,β-unsaturated/α-hetero) is 1. The van der Waals surface area contributed by atoms with Gasteiger partial charge in [-0.2, -0.15) is 0 Å². The van der Waals surface area contributed by atoms with Gasteiger partial charge in [0.05, 0.1) is 13.0 Å². The monoisotopic (exact) mass is 274 g/mol. The smallest absolute Gasteiger partial charge is 0.316 e. The maximum atomic E-state index is 10.9. The van der Waals surface area contributed by atoms with Gasteiger partial charge in [0.25, 0.3) is 0 Å². The van der Waals surface area contributed by atoms with Crippen molar-refractivity contribution in [3.63, 3.8) is 0 Å². The van der Waals surface area contributed by atoms with Gasteiger partial charge >= 0.3 is 11.9 Å². The molecule has 1 atom stereocenters. The van der Waals surface area contributed by atoms with Crippen LogP contribution in [-0.4, -0.2) is 29.4 Å². The summed E-state index contributed by atoms with van der Waals surface area (Å²) in [5.41, 5.74) is -0.0775. The fourth-order valence-electron chi connectivity index (χ4n) is 0.947. The van der Waals surface area contributed by atoms with Gasteiger partial charge in [0.2, 0.25) is 0 Å². The maximum Gasteiger partial charge on any atom is 0.316 e. The third-order valence-corrected chi connectivity index (χ3v) is 2.09. The lowest BCUT2D eigenvalue weighted by Crippen LogP contribution is -2.21. The van der Waals surface area contributed by atoms with Crippen LogP contribution in [0, 0.1) is 11.3 Å². The van der Waals surface area contributed by atoms with Crippen molar-refractivity contribution in [3.05, 3.63) is 0 Å². The van der Waals surface area contributed by atoms with E-state index in [2.05, 4.69) is 0 Å². The molecule has 1 unspecified atom stereocenters. The average molecular weight is 274 g/mol. The van der Waals surface area contributed by atoms with E-state index in [1.54, 1.807) is 6.92 Å². The van der Waals surface area contributed by atoms with Crippen LogP contribution in [0.3, 0.4) is 0 Å². The molecule has 0 aromatic carbocycles.